The molecule has 0 heterocycles. The van der Waals surface area contributed by atoms with Gasteiger partial charge in [0.25, 0.3) is 0 Å². The van der Waals surface area contributed by atoms with E-state index in [2.05, 4.69) is 25.6 Å². The van der Waals surface area contributed by atoms with Crippen LogP contribution in [-0.4, -0.2) is 38.8 Å². The van der Waals surface area contributed by atoms with E-state index in [1.54, 1.807) is 0 Å². The number of carbonyl (C=O) groups excluding carboxylic acids is 1. The second-order valence-corrected chi connectivity index (χ2v) is 11.0. The van der Waals surface area contributed by atoms with Crippen LogP contribution >= 0.6 is 24.8 Å². The number of ketones is 1. The lowest BCUT2D eigenvalue weighted by Gasteiger charge is -2.38. The van der Waals surface area contributed by atoms with Crippen LogP contribution in [0.5, 0.6) is 0 Å². The summed E-state index contributed by atoms with van der Waals surface area (Å²) in [7, 11) is 0. The van der Waals surface area contributed by atoms with E-state index in [4.69, 9.17) is 12.2 Å². The molecule has 3 nitrogen and oxygen atoms in total. The van der Waals surface area contributed by atoms with E-state index >= 15 is 0 Å². The second-order valence-electron chi connectivity index (χ2n) is 9.75. The zero-order valence-corrected chi connectivity index (χ0v) is 19.6. The molecule has 0 bridgehead atoms. The maximum absolute atomic E-state index is 13.4. The molecule has 0 aromatic carbocycles. The maximum Gasteiger partial charge on any atom is 0.143 e. The molecular weight excluding hydrogens is 400 g/mol. The van der Waals surface area contributed by atoms with Crippen LogP contribution in [0.4, 0.5) is 0 Å². The van der Waals surface area contributed by atoms with Gasteiger partial charge in [0, 0.05) is 28.6 Å². The number of Topliss-reactive ketones (excluding diaryl/α,β-unsaturated/α-hetero) is 1. The smallest absolute Gasteiger partial charge is 0.143 e. The van der Waals surface area contributed by atoms with Gasteiger partial charge >= 0.3 is 0 Å². The monoisotopic (exact) mass is 438 g/mol. The molecule has 5 heteroatoms. The molecule has 3 rings (SSSR count). The van der Waals surface area contributed by atoms with Gasteiger partial charge in [0.05, 0.1) is 6.10 Å². The van der Waals surface area contributed by atoms with Crippen molar-refractivity contribution in [1.29, 1.82) is 0 Å². The first-order chi connectivity index (χ1) is 13.8. The average molecular weight is 439 g/mol. The number of allylic oxidation sites excluding steroid dienone is 1. The Morgan fingerprint density at radius 3 is 2.72 bits per heavy atom. The van der Waals surface area contributed by atoms with Crippen LogP contribution in [-0.2, 0) is 4.79 Å². The molecule has 0 saturated heterocycles. The summed E-state index contributed by atoms with van der Waals surface area (Å²) in [6.07, 6.45) is 10.1. The average Bonchev–Trinajstić information content (AvgIpc) is 3.09. The van der Waals surface area contributed by atoms with Crippen LogP contribution in [0.1, 0.15) is 71.6 Å². The minimum atomic E-state index is -0.272. The molecule has 3 aliphatic carbocycles. The van der Waals surface area contributed by atoms with Crippen molar-refractivity contribution in [2.45, 2.75) is 83.0 Å². The maximum atomic E-state index is 13.4. The van der Waals surface area contributed by atoms with Crippen molar-refractivity contribution >= 4 is 35.5 Å². The zero-order valence-electron chi connectivity index (χ0n) is 17.9. The van der Waals surface area contributed by atoms with E-state index in [0.29, 0.717) is 35.9 Å². The van der Waals surface area contributed by atoms with Crippen LogP contribution in [0, 0.1) is 35.5 Å². The van der Waals surface area contributed by atoms with Crippen LogP contribution in [0.25, 0.3) is 0 Å². The highest BCUT2D eigenvalue weighted by Gasteiger charge is 2.47. The molecule has 2 saturated carbocycles. The molecule has 0 amide bonds. The number of carbonyl (C=O) groups is 1. The largest absolute Gasteiger partial charge is 0.396 e. The Bertz CT molecular complexity index is 630. The highest BCUT2D eigenvalue weighted by Crippen LogP contribution is 2.51. The van der Waals surface area contributed by atoms with E-state index in [1.165, 1.54) is 5.57 Å². The molecule has 3 aliphatic rings. The van der Waals surface area contributed by atoms with Crippen molar-refractivity contribution < 1.29 is 15.0 Å². The molecule has 8 atom stereocenters. The first-order valence-corrected chi connectivity index (χ1v) is 12.5. The summed E-state index contributed by atoms with van der Waals surface area (Å²) in [5.41, 5.74) is 1.18. The Balaban J connectivity index is 1.68. The summed E-state index contributed by atoms with van der Waals surface area (Å²) in [4.78, 5) is 14.4. The SMILES string of the molecule is CC(S)C(=S)CC[C@@H](C)C1CCC([C@H]2CC=C3C[C@@H](O)CC[C@@H]3C2=O)[C@@H]1CCO. The fraction of sp³-hybridized carbons (Fsp3) is 0.833. The van der Waals surface area contributed by atoms with Crippen molar-refractivity contribution in [1.82, 2.24) is 0 Å². The third kappa shape index (κ3) is 5.34. The van der Waals surface area contributed by atoms with Crippen molar-refractivity contribution in [3.63, 3.8) is 0 Å². The highest BCUT2D eigenvalue weighted by atomic mass is 32.1. The molecule has 2 fully saturated rings. The van der Waals surface area contributed by atoms with E-state index in [-0.39, 0.29) is 29.8 Å². The first-order valence-electron chi connectivity index (χ1n) is 11.6. The summed E-state index contributed by atoms with van der Waals surface area (Å²) in [5, 5.41) is 19.9. The summed E-state index contributed by atoms with van der Waals surface area (Å²) < 4.78 is 0. The Morgan fingerprint density at radius 1 is 1.28 bits per heavy atom. The number of thiol groups is 1. The lowest BCUT2D eigenvalue weighted by atomic mass is 9.65. The second kappa shape index (κ2) is 10.4. The van der Waals surface area contributed by atoms with Gasteiger partial charge in [-0.15, -0.1) is 0 Å². The Morgan fingerprint density at radius 2 is 2.03 bits per heavy atom. The molecule has 164 valence electrons. The number of hydrogen-bond acceptors (Lipinski definition) is 5. The summed E-state index contributed by atoms with van der Waals surface area (Å²) in [6.45, 7) is 4.57. The van der Waals surface area contributed by atoms with E-state index in [0.717, 1.165) is 56.2 Å². The topological polar surface area (TPSA) is 57.5 Å². The van der Waals surface area contributed by atoms with E-state index < -0.39 is 0 Å². The normalized spacial score (nSPS) is 37.0. The van der Waals surface area contributed by atoms with Gasteiger partial charge in [0.15, 0.2) is 0 Å². The fourth-order valence-electron chi connectivity index (χ4n) is 6.36. The van der Waals surface area contributed by atoms with Crippen molar-refractivity contribution in [2.24, 2.45) is 35.5 Å². The minimum Gasteiger partial charge on any atom is -0.396 e. The van der Waals surface area contributed by atoms with Crippen LogP contribution < -0.4 is 0 Å². The van der Waals surface area contributed by atoms with Gasteiger partial charge in [-0.05, 0) is 88.4 Å². The molecule has 0 spiro atoms. The first kappa shape index (κ1) is 23.4. The lowest BCUT2D eigenvalue weighted by Crippen LogP contribution is -2.39. The van der Waals surface area contributed by atoms with Crippen molar-refractivity contribution in [3.05, 3.63) is 11.6 Å². The molecule has 3 unspecified atom stereocenters. The number of hydrogen-bond donors (Lipinski definition) is 3. The minimum absolute atomic E-state index is 0.0395. The van der Waals surface area contributed by atoms with Crippen LogP contribution in [0.2, 0.25) is 0 Å². The number of aliphatic hydroxyl groups excluding tert-OH is 2. The third-order valence-corrected chi connectivity index (χ3v) is 9.05. The van der Waals surface area contributed by atoms with Gasteiger partial charge in [0.1, 0.15) is 5.78 Å². The number of rotatable bonds is 8. The summed E-state index contributed by atoms with van der Waals surface area (Å²) in [6, 6.07) is 0. The van der Waals surface area contributed by atoms with E-state index in [1.807, 2.05) is 6.92 Å². The number of aliphatic hydroxyl groups is 2. The van der Waals surface area contributed by atoms with E-state index in [9.17, 15) is 15.0 Å². The Hall–Kier alpha value is -0.230. The molecule has 0 radical (unpaired) electrons. The van der Waals surface area contributed by atoms with Gasteiger partial charge in [-0.25, -0.2) is 0 Å². The van der Waals surface area contributed by atoms with Crippen molar-refractivity contribution in [2.75, 3.05) is 6.61 Å². The van der Waals surface area contributed by atoms with Gasteiger partial charge in [-0.2, -0.15) is 12.6 Å². The standard InChI is InChI=1S/C24H38O3S2/c1-14(3-10-23(29)15(2)28)18-8-9-20(21(18)11-12-25)22-6-4-16-13-17(26)5-7-19(16)24(22)27/h4,14-15,17-22,25-26,28H,3,5-13H2,1-2H3/t14-,15?,17+,18?,19+,20?,21-,22-/m1/s1. The van der Waals surface area contributed by atoms with Crippen molar-refractivity contribution in [3.8, 4) is 0 Å². The van der Waals surface area contributed by atoms with Crippen LogP contribution in [0.15, 0.2) is 11.6 Å². The predicted octanol–water partition coefficient (Wildman–Crippen LogP) is 4.79. The molecular formula is C24H38O3S2. The molecule has 0 aliphatic heterocycles. The highest BCUT2D eigenvalue weighted by molar-refractivity contribution is 7.86. The number of thiocarbonyl (C=S) groups is 1. The quantitative estimate of drug-likeness (QED) is 0.290. The lowest BCUT2D eigenvalue weighted by molar-refractivity contribution is -0.129. The van der Waals surface area contributed by atoms with Gasteiger partial charge in [-0.3, -0.25) is 4.79 Å². The van der Waals surface area contributed by atoms with Crippen LogP contribution in [0.3, 0.4) is 0 Å². The zero-order chi connectivity index (χ0) is 21.1. The molecule has 29 heavy (non-hydrogen) atoms. The predicted molar refractivity (Wildman–Crippen MR) is 125 cm³/mol. The Kier molecular flexibility index (Phi) is 8.39. The van der Waals surface area contributed by atoms with Gasteiger partial charge in [-0.1, -0.05) is 30.8 Å². The molecule has 2 N–H and O–H groups in total. The van der Waals surface area contributed by atoms with Gasteiger partial charge < -0.3 is 10.2 Å². The summed E-state index contributed by atoms with van der Waals surface area (Å²) >= 11 is 9.93. The Labute approximate surface area is 187 Å². The van der Waals surface area contributed by atoms with Gasteiger partial charge in [0.2, 0.25) is 0 Å². The molecule has 0 aromatic rings. The molecule has 0 aromatic heterocycles. The third-order valence-electron chi connectivity index (χ3n) is 8.01. The number of fused-ring (bicyclic) bond motifs is 1. The summed E-state index contributed by atoms with van der Waals surface area (Å²) in [5.74, 6) is 2.50. The fourth-order valence-corrected chi connectivity index (χ4v) is 6.60.